The minimum absolute atomic E-state index is 0.226. The molecule has 2 rings (SSSR count). The van der Waals surface area contributed by atoms with Crippen LogP contribution in [0.25, 0.3) is 0 Å². The zero-order valence-electron chi connectivity index (χ0n) is 12.9. The Balaban J connectivity index is 1.77. The lowest BCUT2D eigenvalue weighted by atomic mass is 9.99. The smallest absolute Gasteiger partial charge is 0.326 e. The summed E-state index contributed by atoms with van der Waals surface area (Å²) in [6, 6.07) is 0.409. The summed E-state index contributed by atoms with van der Waals surface area (Å²) in [6.45, 7) is 6.90. The zero-order valence-corrected chi connectivity index (χ0v) is 12.9. The Morgan fingerprint density at radius 1 is 1.45 bits per heavy atom. The van der Waals surface area contributed by atoms with Gasteiger partial charge >= 0.3 is 5.97 Å². The van der Waals surface area contributed by atoms with Crippen LogP contribution >= 0.6 is 0 Å². The van der Waals surface area contributed by atoms with Crippen LogP contribution in [-0.4, -0.2) is 67.2 Å². The average Bonchev–Trinajstić information content (AvgIpc) is 3.06. The van der Waals surface area contributed by atoms with Gasteiger partial charge in [-0.05, 0) is 59.2 Å². The summed E-state index contributed by atoms with van der Waals surface area (Å²) in [4.78, 5) is 16.8. The maximum atomic E-state index is 11.9. The van der Waals surface area contributed by atoms with Crippen molar-refractivity contribution < 1.29 is 9.53 Å². The topological polar surface area (TPSA) is 58.8 Å². The van der Waals surface area contributed by atoms with Crippen LogP contribution in [0.2, 0.25) is 0 Å². The number of esters is 1. The molecular weight excluding hydrogens is 254 g/mol. The molecule has 0 aromatic carbocycles. The third-order valence-corrected chi connectivity index (χ3v) is 4.80. The van der Waals surface area contributed by atoms with Crippen molar-refractivity contribution in [3.63, 3.8) is 0 Å². The Hall–Kier alpha value is -0.650. The van der Waals surface area contributed by atoms with Crippen LogP contribution in [0.15, 0.2) is 0 Å². The molecule has 1 aliphatic carbocycles. The lowest BCUT2D eigenvalue weighted by Crippen LogP contribution is -2.48. The highest BCUT2D eigenvalue weighted by Crippen LogP contribution is 2.31. The summed E-state index contributed by atoms with van der Waals surface area (Å²) in [7, 11) is 2.15. The average molecular weight is 283 g/mol. The minimum Gasteiger partial charge on any atom is -0.465 e. The fraction of sp³-hybridized carbons (Fsp3) is 0.933. The third kappa shape index (κ3) is 3.71. The molecule has 5 heteroatoms. The molecule has 0 radical (unpaired) electrons. The molecule has 20 heavy (non-hydrogen) atoms. The maximum Gasteiger partial charge on any atom is 0.326 e. The molecule has 1 aliphatic heterocycles. The summed E-state index contributed by atoms with van der Waals surface area (Å²) >= 11 is 0. The molecular formula is C15H29N3O2. The molecule has 1 saturated carbocycles. The van der Waals surface area contributed by atoms with Gasteiger partial charge in [0.25, 0.3) is 0 Å². The summed E-state index contributed by atoms with van der Waals surface area (Å²) in [5.41, 5.74) is 5.46. The summed E-state index contributed by atoms with van der Waals surface area (Å²) in [5.74, 6) is -0.226. The van der Waals surface area contributed by atoms with Crippen LogP contribution < -0.4 is 5.73 Å². The van der Waals surface area contributed by atoms with Crippen molar-refractivity contribution in [2.75, 3.05) is 39.8 Å². The van der Waals surface area contributed by atoms with Gasteiger partial charge in [0.2, 0.25) is 0 Å². The van der Waals surface area contributed by atoms with Crippen LogP contribution in [-0.2, 0) is 9.53 Å². The number of hydrogen-bond acceptors (Lipinski definition) is 5. The van der Waals surface area contributed by atoms with E-state index in [-0.39, 0.29) is 5.97 Å². The standard InChI is InChI=1S/C15H29N3O2/c1-3-20-14(19)15(16)7-6-13(12-15)17(2)10-11-18-8-4-5-9-18/h13H,3-12,16H2,1-2H3. The maximum absolute atomic E-state index is 11.9. The summed E-state index contributed by atoms with van der Waals surface area (Å²) in [6.07, 6.45) is 5.13. The molecule has 2 N–H and O–H groups in total. The zero-order chi connectivity index (χ0) is 14.6. The first-order valence-corrected chi connectivity index (χ1v) is 7.94. The first-order chi connectivity index (χ1) is 9.55. The summed E-state index contributed by atoms with van der Waals surface area (Å²) < 4.78 is 5.11. The molecule has 2 atom stereocenters. The second kappa shape index (κ2) is 6.87. The normalized spacial score (nSPS) is 31.1. The third-order valence-electron chi connectivity index (χ3n) is 4.80. The minimum atomic E-state index is -0.761. The predicted molar refractivity (Wildman–Crippen MR) is 79.5 cm³/mol. The van der Waals surface area contributed by atoms with Crippen molar-refractivity contribution in [3.8, 4) is 0 Å². The van der Waals surface area contributed by atoms with Crippen molar-refractivity contribution in [1.82, 2.24) is 9.80 Å². The van der Waals surface area contributed by atoms with Crippen molar-refractivity contribution in [3.05, 3.63) is 0 Å². The van der Waals surface area contributed by atoms with Gasteiger partial charge in [-0.3, -0.25) is 4.79 Å². The van der Waals surface area contributed by atoms with Crippen molar-refractivity contribution in [2.24, 2.45) is 5.73 Å². The Labute approximate surface area is 122 Å². The van der Waals surface area contributed by atoms with Crippen LogP contribution in [0.4, 0.5) is 0 Å². The monoisotopic (exact) mass is 283 g/mol. The van der Waals surface area contributed by atoms with Gasteiger partial charge in [0.15, 0.2) is 0 Å². The van der Waals surface area contributed by atoms with E-state index in [0.717, 1.165) is 32.4 Å². The van der Waals surface area contributed by atoms with E-state index in [2.05, 4.69) is 16.8 Å². The predicted octanol–water partition coefficient (Wildman–Crippen LogP) is 0.827. The summed E-state index contributed by atoms with van der Waals surface area (Å²) in [5, 5.41) is 0. The molecule has 0 bridgehead atoms. The molecule has 1 saturated heterocycles. The SMILES string of the molecule is CCOC(=O)C1(N)CCC(N(C)CCN2CCCC2)C1. The van der Waals surface area contributed by atoms with Gasteiger partial charge in [-0.1, -0.05) is 0 Å². The number of nitrogens with two attached hydrogens (primary N) is 1. The van der Waals surface area contributed by atoms with Crippen molar-refractivity contribution >= 4 is 5.97 Å². The van der Waals surface area contributed by atoms with E-state index in [1.54, 1.807) is 0 Å². The number of likely N-dealkylation sites (N-methyl/N-ethyl adjacent to an activating group) is 1. The molecule has 2 aliphatic rings. The Morgan fingerprint density at radius 2 is 2.15 bits per heavy atom. The van der Waals surface area contributed by atoms with Crippen molar-refractivity contribution in [1.29, 1.82) is 0 Å². The second-order valence-corrected chi connectivity index (χ2v) is 6.30. The second-order valence-electron chi connectivity index (χ2n) is 6.30. The van der Waals surface area contributed by atoms with Gasteiger partial charge in [0.1, 0.15) is 5.54 Å². The number of likely N-dealkylation sites (tertiary alicyclic amines) is 1. The van der Waals surface area contributed by atoms with Gasteiger partial charge in [-0.15, -0.1) is 0 Å². The fourth-order valence-electron chi connectivity index (χ4n) is 3.37. The van der Waals surface area contributed by atoms with Crippen LogP contribution in [0.3, 0.4) is 0 Å². The first kappa shape index (κ1) is 15.7. The highest BCUT2D eigenvalue weighted by Gasteiger charge is 2.44. The highest BCUT2D eigenvalue weighted by atomic mass is 16.5. The van der Waals surface area contributed by atoms with E-state index in [9.17, 15) is 4.79 Å². The van der Waals surface area contributed by atoms with E-state index in [4.69, 9.17) is 10.5 Å². The largest absolute Gasteiger partial charge is 0.465 e. The lowest BCUT2D eigenvalue weighted by Gasteiger charge is -2.28. The van der Waals surface area contributed by atoms with E-state index in [1.807, 2.05) is 6.92 Å². The van der Waals surface area contributed by atoms with Crippen LogP contribution in [0, 0.1) is 0 Å². The molecule has 116 valence electrons. The van der Waals surface area contributed by atoms with Gasteiger partial charge < -0.3 is 20.3 Å². The lowest BCUT2D eigenvalue weighted by molar-refractivity contribution is -0.149. The first-order valence-electron chi connectivity index (χ1n) is 7.94. The fourth-order valence-corrected chi connectivity index (χ4v) is 3.37. The van der Waals surface area contributed by atoms with Crippen LogP contribution in [0.1, 0.15) is 39.0 Å². The Bertz CT molecular complexity index is 331. The number of carbonyl (C=O) groups excluding carboxylic acids is 1. The number of rotatable bonds is 6. The van der Waals surface area contributed by atoms with E-state index in [1.165, 1.54) is 25.9 Å². The molecule has 5 nitrogen and oxygen atoms in total. The quantitative estimate of drug-likeness (QED) is 0.732. The molecule has 2 unspecified atom stereocenters. The van der Waals surface area contributed by atoms with E-state index in [0.29, 0.717) is 12.6 Å². The van der Waals surface area contributed by atoms with Gasteiger partial charge in [-0.2, -0.15) is 0 Å². The number of nitrogens with zero attached hydrogens (tertiary/aromatic N) is 2. The molecule has 0 aromatic heterocycles. The molecule has 0 aromatic rings. The van der Waals surface area contributed by atoms with E-state index < -0.39 is 5.54 Å². The van der Waals surface area contributed by atoms with Gasteiger partial charge in [0, 0.05) is 19.1 Å². The van der Waals surface area contributed by atoms with E-state index >= 15 is 0 Å². The number of carbonyl (C=O) groups is 1. The molecule has 2 fully saturated rings. The Morgan fingerprint density at radius 3 is 2.80 bits per heavy atom. The molecule has 0 spiro atoms. The Kier molecular flexibility index (Phi) is 5.41. The van der Waals surface area contributed by atoms with Gasteiger partial charge in [0.05, 0.1) is 6.61 Å². The number of hydrogen-bond donors (Lipinski definition) is 1. The van der Waals surface area contributed by atoms with Crippen molar-refractivity contribution in [2.45, 2.75) is 50.6 Å². The van der Waals surface area contributed by atoms with Crippen LogP contribution in [0.5, 0.6) is 0 Å². The molecule has 0 amide bonds. The number of ether oxygens (including phenoxy) is 1. The molecule has 1 heterocycles. The highest BCUT2D eigenvalue weighted by molar-refractivity contribution is 5.81. The van der Waals surface area contributed by atoms with Gasteiger partial charge in [-0.25, -0.2) is 0 Å².